The highest BCUT2D eigenvalue weighted by Crippen LogP contribution is 2.21. The summed E-state index contributed by atoms with van der Waals surface area (Å²) >= 11 is 0. The molecule has 0 aliphatic rings. The van der Waals surface area contributed by atoms with Crippen molar-refractivity contribution in [1.29, 1.82) is 0 Å². The van der Waals surface area contributed by atoms with Gasteiger partial charge in [0.05, 0.1) is 17.7 Å². The van der Waals surface area contributed by atoms with Gasteiger partial charge in [0.1, 0.15) is 11.6 Å². The standard InChI is InChI=1S/C13H17F2NO2/c1-4-18-8-13(2,3)12(17)16-11-6-5-9(14)7-10(11)15/h5-7H,4,8H2,1-3H3,(H,16,17). The van der Waals surface area contributed by atoms with E-state index in [4.69, 9.17) is 4.74 Å². The topological polar surface area (TPSA) is 38.3 Å². The summed E-state index contributed by atoms with van der Waals surface area (Å²) in [5, 5.41) is 2.43. The van der Waals surface area contributed by atoms with Crippen molar-refractivity contribution in [2.24, 2.45) is 5.41 Å². The zero-order valence-corrected chi connectivity index (χ0v) is 10.7. The van der Waals surface area contributed by atoms with E-state index in [0.29, 0.717) is 6.61 Å². The maximum atomic E-state index is 13.4. The van der Waals surface area contributed by atoms with E-state index < -0.39 is 17.0 Å². The Morgan fingerprint density at radius 1 is 1.39 bits per heavy atom. The third kappa shape index (κ3) is 3.77. The Bertz CT molecular complexity index is 433. The highest BCUT2D eigenvalue weighted by Gasteiger charge is 2.28. The first kappa shape index (κ1) is 14.6. The van der Waals surface area contributed by atoms with Crippen molar-refractivity contribution in [3.63, 3.8) is 0 Å². The molecule has 0 fully saturated rings. The zero-order chi connectivity index (χ0) is 13.8. The molecule has 18 heavy (non-hydrogen) atoms. The number of amides is 1. The Morgan fingerprint density at radius 2 is 2.06 bits per heavy atom. The van der Waals surface area contributed by atoms with Gasteiger partial charge in [0.2, 0.25) is 5.91 Å². The van der Waals surface area contributed by atoms with Gasteiger partial charge in [-0.2, -0.15) is 0 Å². The van der Waals surface area contributed by atoms with E-state index in [9.17, 15) is 13.6 Å². The molecule has 1 N–H and O–H groups in total. The van der Waals surface area contributed by atoms with Crippen LogP contribution in [0, 0.1) is 17.0 Å². The number of halogens is 2. The first-order valence-corrected chi connectivity index (χ1v) is 5.71. The Labute approximate surface area is 105 Å². The van der Waals surface area contributed by atoms with Crippen molar-refractivity contribution in [3.05, 3.63) is 29.8 Å². The molecule has 1 aromatic carbocycles. The van der Waals surface area contributed by atoms with Crippen LogP contribution in [0.1, 0.15) is 20.8 Å². The number of benzene rings is 1. The number of carbonyl (C=O) groups excluding carboxylic acids is 1. The van der Waals surface area contributed by atoms with Gasteiger partial charge in [-0.15, -0.1) is 0 Å². The minimum Gasteiger partial charge on any atom is -0.381 e. The van der Waals surface area contributed by atoms with Gasteiger partial charge in [0, 0.05) is 12.7 Å². The molecule has 0 unspecified atom stereocenters. The summed E-state index contributed by atoms with van der Waals surface area (Å²) in [7, 11) is 0. The minimum absolute atomic E-state index is 0.0361. The van der Waals surface area contributed by atoms with Crippen molar-refractivity contribution >= 4 is 11.6 Å². The van der Waals surface area contributed by atoms with Crippen LogP contribution in [0.4, 0.5) is 14.5 Å². The van der Waals surface area contributed by atoms with Crippen molar-refractivity contribution in [3.8, 4) is 0 Å². The lowest BCUT2D eigenvalue weighted by Crippen LogP contribution is -2.35. The summed E-state index contributed by atoms with van der Waals surface area (Å²) in [6.07, 6.45) is 0. The van der Waals surface area contributed by atoms with Gasteiger partial charge >= 0.3 is 0 Å². The van der Waals surface area contributed by atoms with Gasteiger partial charge in [-0.1, -0.05) is 0 Å². The molecule has 0 saturated carbocycles. The van der Waals surface area contributed by atoms with Crippen molar-refractivity contribution in [1.82, 2.24) is 0 Å². The molecule has 0 heterocycles. The summed E-state index contributed by atoms with van der Waals surface area (Å²) in [5.74, 6) is -1.85. The molecule has 1 rings (SSSR count). The predicted octanol–water partition coefficient (Wildman–Crippen LogP) is 2.97. The third-order valence-corrected chi connectivity index (χ3v) is 2.46. The van der Waals surface area contributed by atoms with Crippen LogP contribution in [0.2, 0.25) is 0 Å². The minimum atomic E-state index is -0.796. The lowest BCUT2D eigenvalue weighted by molar-refractivity contribution is -0.127. The Balaban J connectivity index is 2.74. The van der Waals surface area contributed by atoms with E-state index in [0.717, 1.165) is 12.1 Å². The molecule has 1 amide bonds. The highest BCUT2D eigenvalue weighted by molar-refractivity contribution is 5.95. The van der Waals surface area contributed by atoms with Gasteiger partial charge < -0.3 is 10.1 Å². The maximum absolute atomic E-state index is 13.4. The van der Waals surface area contributed by atoms with Gasteiger partial charge in [0.25, 0.3) is 0 Å². The van der Waals surface area contributed by atoms with Crippen LogP contribution >= 0.6 is 0 Å². The third-order valence-electron chi connectivity index (χ3n) is 2.46. The molecule has 0 aromatic heterocycles. The molecule has 1 aromatic rings. The largest absolute Gasteiger partial charge is 0.381 e. The van der Waals surface area contributed by atoms with Gasteiger partial charge in [-0.3, -0.25) is 4.79 Å². The molecule has 0 saturated heterocycles. The molecule has 0 aliphatic carbocycles. The van der Waals surface area contributed by atoms with Crippen LogP contribution in [0.5, 0.6) is 0 Å². The molecule has 5 heteroatoms. The van der Waals surface area contributed by atoms with E-state index in [1.54, 1.807) is 13.8 Å². The van der Waals surface area contributed by atoms with Gasteiger partial charge in [-0.25, -0.2) is 8.78 Å². The van der Waals surface area contributed by atoms with Crippen molar-refractivity contribution < 1.29 is 18.3 Å². The van der Waals surface area contributed by atoms with Gasteiger partial charge in [0.15, 0.2) is 0 Å². The second kappa shape index (κ2) is 5.91. The monoisotopic (exact) mass is 257 g/mol. The molecule has 0 aliphatic heterocycles. The number of ether oxygens (including phenoxy) is 1. The van der Waals surface area contributed by atoms with E-state index in [1.807, 2.05) is 6.92 Å². The van der Waals surface area contributed by atoms with Crippen LogP contribution in [-0.2, 0) is 9.53 Å². The fourth-order valence-electron chi connectivity index (χ4n) is 1.31. The molecular weight excluding hydrogens is 240 g/mol. The van der Waals surface area contributed by atoms with E-state index in [2.05, 4.69) is 5.32 Å². The number of carbonyl (C=O) groups is 1. The summed E-state index contributed by atoms with van der Waals surface area (Å²) in [5.41, 5.74) is -0.817. The van der Waals surface area contributed by atoms with Crippen LogP contribution < -0.4 is 5.32 Å². The molecular formula is C13H17F2NO2. The Morgan fingerprint density at radius 3 is 2.61 bits per heavy atom. The molecule has 0 radical (unpaired) electrons. The van der Waals surface area contributed by atoms with E-state index >= 15 is 0 Å². The van der Waals surface area contributed by atoms with E-state index in [1.165, 1.54) is 6.07 Å². The lowest BCUT2D eigenvalue weighted by Gasteiger charge is -2.23. The number of rotatable bonds is 5. The molecule has 100 valence electrons. The quantitative estimate of drug-likeness (QED) is 0.880. The van der Waals surface area contributed by atoms with Crippen molar-refractivity contribution in [2.45, 2.75) is 20.8 Å². The molecule has 0 bridgehead atoms. The normalized spacial score (nSPS) is 11.4. The molecule has 0 spiro atoms. The number of hydrogen-bond acceptors (Lipinski definition) is 2. The summed E-state index contributed by atoms with van der Waals surface area (Å²) in [4.78, 5) is 11.9. The summed E-state index contributed by atoms with van der Waals surface area (Å²) in [6.45, 7) is 5.95. The van der Waals surface area contributed by atoms with Crippen LogP contribution in [0.25, 0.3) is 0 Å². The summed E-state index contributed by atoms with van der Waals surface area (Å²) < 4.78 is 31.3. The molecule has 0 atom stereocenters. The van der Waals surface area contributed by atoms with E-state index in [-0.39, 0.29) is 18.2 Å². The second-order valence-electron chi connectivity index (χ2n) is 4.60. The smallest absolute Gasteiger partial charge is 0.232 e. The average Bonchev–Trinajstić information content (AvgIpc) is 2.30. The maximum Gasteiger partial charge on any atom is 0.232 e. The van der Waals surface area contributed by atoms with Crippen LogP contribution in [0.15, 0.2) is 18.2 Å². The number of hydrogen-bond donors (Lipinski definition) is 1. The summed E-state index contributed by atoms with van der Waals surface area (Å²) in [6, 6.07) is 3.01. The fourth-order valence-corrected chi connectivity index (χ4v) is 1.31. The lowest BCUT2D eigenvalue weighted by atomic mass is 9.93. The first-order chi connectivity index (χ1) is 8.36. The second-order valence-corrected chi connectivity index (χ2v) is 4.60. The van der Waals surface area contributed by atoms with Crippen LogP contribution in [-0.4, -0.2) is 19.1 Å². The van der Waals surface area contributed by atoms with Crippen molar-refractivity contribution in [2.75, 3.05) is 18.5 Å². The first-order valence-electron chi connectivity index (χ1n) is 5.71. The average molecular weight is 257 g/mol. The van der Waals surface area contributed by atoms with Gasteiger partial charge in [-0.05, 0) is 32.9 Å². The SMILES string of the molecule is CCOCC(C)(C)C(=O)Nc1ccc(F)cc1F. The van der Waals surface area contributed by atoms with Crippen LogP contribution in [0.3, 0.4) is 0 Å². The zero-order valence-electron chi connectivity index (χ0n) is 10.7. The Kier molecular flexibility index (Phi) is 4.78. The predicted molar refractivity (Wildman–Crippen MR) is 65.3 cm³/mol. The fraction of sp³-hybridized carbons (Fsp3) is 0.462. The number of anilines is 1. The molecule has 3 nitrogen and oxygen atoms in total. The highest BCUT2D eigenvalue weighted by atomic mass is 19.1. The Hall–Kier alpha value is -1.49. The number of nitrogens with one attached hydrogen (secondary N) is 1.